The molecule has 0 bridgehead atoms. The molecule has 472 valence electrons. The van der Waals surface area contributed by atoms with Gasteiger partial charge in [0.15, 0.2) is 0 Å². The maximum atomic E-state index is 12.2. The molecule has 18 atom stereocenters. The van der Waals surface area contributed by atoms with Crippen LogP contribution in [-0.4, -0.2) is 35.3 Å². The molecule has 0 amide bonds. The Balaban J connectivity index is 0.000000225. The third-order valence-corrected chi connectivity index (χ3v) is 24.3. The molecule has 86 heavy (non-hydrogen) atoms. The van der Waals surface area contributed by atoms with E-state index in [0.29, 0.717) is 44.6 Å². The molecule has 0 radical (unpaired) electrons. The van der Waals surface area contributed by atoms with Crippen LogP contribution in [0.1, 0.15) is 233 Å². The number of hydrogen-bond acceptors (Lipinski definition) is 6. The Morgan fingerprint density at radius 2 is 0.860 bits per heavy atom. The summed E-state index contributed by atoms with van der Waals surface area (Å²) in [5.41, 5.74) is 5.89. The van der Waals surface area contributed by atoms with E-state index in [1.165, 1.54) is 90.9 Å². The Morgan fingerprint density at radius 1 is 0.512 bits per heavy atom. The first-order valence-electron chi connectivity index (χ1n) is 33.8. The van der Waals surface area contributed by atoms with Gasteiger partial charge in [0, 0.05) is 11.6 Å². The number of carbonyl (C=O) groups excluding carboxylic acids is 4. The molecule has 0 N–H and O–H groups in total. The topological polar surface area (TPSA) is 114 Å². The van der Waals surface area contributed by atoms with Gasteiger partial charge in [0.1, 0.15) is 0 Å². The van der Waals surface area contributed by atoms with E-state index in [1.54, 1.807) is 59.7 Å². The van der Waals surface area contributed by atoms with E-state index >= 15 is 0 Å². The van der Waals surface area contributed by atoms with Gasteiger partial charge in [-0.1, -0.05) is 180 Å². The molecular formula is C78H113ClO6Ti. The first-order valence-corrected chi connectivity index (χ1v) is 33.8. The second-order valence-corrected chi connectivity index (χ2v) is 29.8. The van der Waals surface area contributed by atoms with Gasteiger partial charge in [0.05, 0.1) is 11.6 Å². The minimum Gasteiger partial charge on any atom is -0.852 e. The number of ketones is 4. The van der Waals surface area contributed by atoms with Gasteiger partial charge in [-0.05, 0) is 221 Å². The molecule has 8 aliphatic carbocycles. The summed E-state index contributed by atoms with van der Waals surface area (Å²) in [4.78, 5) is 43.5. The van der Waals surface area contributed by atoms with E-state index in [0.717, 1.165) is 122 Å². The molecule has 8 aliphatic rings. The summed E-state index contributed by atoms with van der Waals surface area (Å²) in [5.74, 6) is 10.3. The van der Waals surface area contributed by atoms with Crippen LogP contribution in [-0.2, 0) is 31.3 Å². The summed E-state index contributed by atoms with van der Waals surface area (Å²) in [5, 5.41) is 24.4. The number of rotatable bonds is 16. The fourth-order valence-corrected chi connectivity index (χ4v) is 19.4. The summed E-state index contributed by atoms with van der Waals surface area (Å²) in [7, 11) is 0. The molecule has 6 fully saturated rings. The summed E-state index contributed by atoms with van der Waals surface area (Å²) < 4.78 is 0. The van der Waals surface area contributed by atoms with E-state index in [1.807, 2.05) is 12.1 Å². The number of benzene rings is 2. The van der Waals surface area contributed by atoms with Crippen molar-refractivity contribution in [3.8, 4) is 0 Å². The molecule has 8 heteroatoms. The van der Waals surface area contributed by atoms with E-state index in [2.05, 4.69) is 120 Å². The van der Waals surface area contributed by atoms with Gasteiger partial charge in [0.25, 0.3) is 0 Å². The van der Waals surface area contributed by atoms with Crippen LogP contribution >= 0.6 is 12.4 Å². The van der Waals surface area contributed by atoms with Crippen molar-refractivity contribution in [2.24, 2.45) is 105 Å². The summed E-state index contributed by atoms with van der Waals surface area (Å²) in [6.45, 7) is 32.2. The molecule has 0 heterocycles. The Kier molecular flexibility index (Phi) is 27.5. The van der Waals surface area contributed by atoms with E-state index < -0.39 is 0 Å². The quantitative estimate of drug-likeness (QED) is 0.0544. The average molecular weight is 1230 g/mol. The fraction of sp³-hybridized carbons (Fsp3) is 0.667. The first-order chi connectivity index (χ1) is 39.8. The number of Topliss-reactive ketones (excluding diaryl/α,β-unsaturated/α-hetero) is 4. The van der Waals surface area contributed by atoms with Crippen molar-refractivity contribution < 1.29 is 51.1 Å². The standard InChI is InChI=1S/2C29H47O.2C10H9O2.ClH.Ti/c2*1-7-21(19(2)3)9-8-20(4)25-12-13-26-24-11-10-22-18-23(30)14-16-28(22,5)27(24)15-17-29(25,26)6;2*1-8(11)7-10(12)9-5-3-2-4-6-9;;/h2*8-10,19-21,23-27H,7,11-18H2,1-6H3;2*2-7H,1H3;1H;/q4*-1;;+4/b2*9-8+;;;;/t2*20?,21-,23+,24+,25-,26?,27?,28+,29-;;;;/m11..../s1. The van der Waals surface area contributed by atoms with Gasteiger partial charge in [-0.15, -0.1) is 72.8 Å². The molecule has 0 aromatic heterocycles. The van der Waals surface area contributed by atoms with Gasteiger partial charge in [0.2, 0.25) is 0 Å². The van der Waals surface area contributed by atoms with Gasteiger partial charge < -0.3 is 29.4 Å². The zero-order valence-corrected chi connectivity index (χ0v) is 58.1. The van der Waals surface area contributed by atoms with Crippen LogP contribution in [0, 0.1) is 117 Å². The molecule has 2 aromatic carbocycles. The fourth-order valence-electron chi connectivity index (χ4n) is 19.4. The van der Waals surface area contributed by atoms with E-state index in [-0.39, 0.29) is 69.5 Å². The predicted molar refractivity (Wildman–Crippen MR) is 351 cm³/mol. The second-order valence-electron chi connectivity index (χ2n) is 29.8. The van der Waals surface area contributed by atoms with Crippen LogP contribution in [0.2, 0.25) is 0 Å². The second kappa shape index (κ2) is 32.2. The monoisotopic (exact) mass is 1230 g/mol. The summed E-state index contributed by atoms with van der Waals surface area (Å²) >= 11 is 0. The van der Waals surface area contributed by atoms with Crippen LogP contribution in [0.3, 0.4) is 0 Å². The van der Waals surface area contributed by atoms with E-state index in [4.69, 9.17) is 0 Å². The van der Waals surface area contributed by atoms with Gasteiger partial charge in [-0.2, -0.15) is 0 Å². The number of fused-ring (bicyclic) bond motifs is 10. The SMILES string of the molecule is CC(=O)[CH-]C(=O)c1ccccc1.CC(=O)[CH-]C(=O)c1ccccc1.CC[C@H](/C=C/C(C)[C@H]1CCC2[C@@H]3CC=C4C[C@@H]([O-])CC[C@]4(C)C3CC[C@@]21C)C(C)C.CC[C@H](/C=C/C(C)[C@H]1CCC2[C@@H]3CC=C4C[C@@H]([O-])CC[C@]4(C)C3CC[C@@]21C)C(C)C.Cl.[Ti+4]. The molecule has 2 aromatic rings. The van der Waals surface area contributed by atoms with Crippen molar-refractivity contribution in [2.75, 3.05) is 0 Å². The molecule has 0 aliphatic heterocycles. The Morgan fingerprint density at radius 3 is 1.17 bits per heavy atom. The van der Waals surface area contributed by atoms with Crippen LogP contribution in [0.25, 0.3) is 0 Å². The minimum atomic E-state index is -0.337. The Hall–Kier alpha value is -3.26. The Labute approximate surface area is 544 Å². The molecule has 0 saturated heterocycles. The number of halogens is 1. The van der Waals surface area contributed by atoms with Crippen molar-refractivity contribution in [3.63, 3.8) is 0 Å². The first kappa shape index (κ1) is 73.5. The smallest absolute Gasteiger partial charge is 0.852 e. The van der Waals surface area contributed by atoms with Crippen LogP contribution in [0.5, 0.6) is 0 Å². The zero-order chi connectivity index (χ0) is 61.3. The van der Waals surface area contributed by atoms with Crippen molar-refractivity contribution in [2.45, 2.75) is 225 Å². The molecular weight excluding hydrogens is 1120 g/mol. The van der Waals surface area contributed by atoms with Crippen molar-refractivity contribution in [1.82, 2.24) is 0 Å². The maximum Gasteiger partial charge on any atom is 4.00 e. The third kappa shape index (κ3) is 16.8. The summed E-state index contributed by atoms with van der Waals surface area (Å²) in [6.07, 6.45) is 39.0. The number of hydrogen-bond donors (Lipinski definition) is 0. The molecule has 6 saturated carbocycles. The van der Waals surface area contributed by atoms with Crippen molar-refractivity contribution in [3.05, 3.63) is 132 Å². The molecule has 6 nitrogen and oxygen atoms in total. The van der Waals surface area contributed by atoms with Gasteiger partial charge >= 0.3 is 21.7 Å². The zero-order valence-electron chi connectivity index (χ0n) is 55.7. The van der Waals surface area contributed by atoms with Gasteiger partial charge in [-0.25, -0.2) is 0 Å². The number of allylic oxidation sites excluding steroid dienone is 6. The average Bonchev–Trinajstić information content (AvgIpc) is 1.35. The molecule has 10 rings (SSSR count). The normalized spacial score (nSPS) is 34.3. The minimum absolute atomic E-state index is 0. The Bertz CT molecular complexity index is 2460. The van der Waals surface area contributed by atoms with Crippen LogP contribution < -0.4 is 10.2 Å². The molecule has 0 spiro atoms. The van der Waals surface area contributed by atoms with Crippen LogP contribution in [0.4, 0.5) is 0 Å². The van der Waals surface area contributed by atoms with Crippen molar-refractivity contribution >= 4 is 35.5 Å². The van der Waals surface area contributed by atoms with Gasteiger partial charge in [-0.3, -0.25) is 0 Å². The predicted octanol–water partition coefficient (Wildman–Crippen LogP) is 18.1. The largest absolute Gasteiger partial charge is 4.00 e. The van der Waals surface area contributed by atoms with E-state index in [9.17, 15) is 29.4 Å². The third-order valence-electron chi connectivity index (χ3n) is 24.3. The maximum absolute atomic E-state index is 12.2. The number of carbonyl (C=O) groups is 4. The van der Waals surface area contributed by atoms with Crippen molar-refractivity contribution in [1.29, 1.82) is 0 Å². The summed E-state index contributed by atoms with van der Waals surface area (Å²) in [6, 6.07) is 17.4. The molecule has 6 unspecified atom stereocenters. The van der Waals surface area contributed by atoms with Crippen LogP contribution in [0.15, 0.2) is 108 Å².